The van der Waals surface area contributed by atoms with Crippen molar-refractivity contribution in [2.75, 3.05) is 6.54 Å². The van der Waals surface area contributed by atoms with Gasteiger partial charge in [0.15, 0.2) is 0 Å². The Morgan fingerprint density at radius 2 is 1.96 bits per heavy atom. The number of nitrogens with one attached hydrogen (secondary N) is 2. The molecule has 0 aliphatic carbocycles. The highest BCUT2D eigenvalue weighted by atomic mass is 35.5. The van der Waals surface area contributed by atoms with Crippen LogP contribution < -0.4 is 10.6 Å². The van der Waals surface area contributed by atoms with Crippen molar-refractivity contribution in [3.05, 3.63) is 64.8 Å². The molecular weight excluding hydrogens is 358 g/mol. The number of halogens is 1. The summed E-state index contributed by atoms with van der Waals surface area (Å²) in [6.45, 7) is 1.68. The molecule has 0 spiro atoms. The van der Waals surface area contributed by atoms with Crippen molar-refractivity contribution in [3.63, 3.8) is 0 Å². The zero-order valence-corrected chi connectivity index (χ0v) is 14.7. The second-order valence-electron chi connectivity index (χ2n) is 5.48. The normalized spacial score (nSPS) is 10.5. The van der Waals surface area contributed by atoms with Gasteiger partial charge in [0.2, 0.25) is 5.91 Å². The molecule has 1 aromatic carbocycles. The summed E-state index contributed by atoms with van der Waals surface area (Å²) in [4.78, 5) is 24.4. The van der Waals surface area contributed by atoms with Crippen LogP contribution in [0.1, 0.15) is 21.9 Å². The van der Waals surface area contributed by atoms with Crippen LogP contribution in [0.4, 0.5) is 0 Å². The zero-order valence-electron chi connectivity index (χ0n) is 13.9. The van der Waals surface area contributed by atoms with Crippen LogP contribution in [0.2, 0.25) is 5.02 Å². The van der Waals surface area contributed by atoms with Gasteiger partial charge in [-0.3, -0.25) is 9.59 Å². The minimum atomic E-state index is -0.466. The van der Waals surface area contributed by atoms with Crippen LogP contribution in [0.25, 0.3) is 11.3 Å². The van der Waals surface area contributed by atoms with Gasteiger partial charge in [-0.1, -0.05) is 35.0 Å². The maximum Gasteiger partial charge on any atom is 0.257 e. The molecule has 0 radical (unpaired) electrons. The SMILES string of the molecule is Cc1onc(-c2ccccc2Cl)c1C(=O)NCC(=O)NCc1ccco1. The Morgan fingerprint density at radius 3 is 2.69 bits per heavy atom. The Kier molecular flexibility index (Phi) is 5.38. The van der Waals surface area contributed by atoms with E-state index in [4.69, 9.17) is 20.5 Å². The van der Waals surface area contributed by atoms with Gasteiger partial charge in [0.05, 0.1) is 24.4 Å². The van der Waals surface area contributed by atoms with Gasteiger partial charge >= 0.3 is 0 Å². The lowest BCUT2D eigenvalue weighted by Crippen LogP contribution is -2.36. The molecule has 2 aromatic heterocycles. The standard InChI is InChI=1S/C18H16ClN3O4/c1-11-16(17(22-26-11)13-6-2-3-7-14(13)19)18(24)21-10-15(23)20-9-12-5-4-8-25-12/h2-8H,9-10H2,1H3,(H,20,23)(H,21,24). The molecule has 0 bridgehead atoms. The number of carbonyl (C=O) groups excluding carboxylic acids is 2. The van der Waals surface area contributed by atoms with E-state index in [1.165, 1.54) is 6.26 Å². The molecule has 0 fully saturated rings. The van der Waals surface area contributed by atoms with Crippen molar-refractivity contribution in [3.8, 4) is 11.3 Å². The summed E-state index contributed by atoms with van der Waals surface area (Å²) in [5.41, 5.74) is 1.16. The molecule has 8 heteroatoms. The summed E-state index contributed by atoms with van der Waals surface area (Å²) >= 11 is 6.18. The second-order valence-corrected chi connectivity index (χ2v) is 5.89. The fourth-order valence-corrected chi connectivity index (χ4v) is 2.61. The van der Waals surface area contributed by atoms with E-state index < -0.39 is 5.91 Å². The van der Waals surface area contributed by atoms with Crippen molar-refractivity contribution in [2.45, 2.75) is 13.5 Å². The molecule has 3 aromatic rings. The van der Waals surface area contributed by atoms with Crippen LogP contribution in [0.5, 0.6) is 0 Å². The number of rotatable bonds is 6. The third-order valence-corrected chi connectivity index (χ3v) is 4.00. The van der Waals surface area contributed by atoms with Gasteiger partial charge in [-0.25, -0.2) is 0 Å². The fraction of sp³-hybridized carbons (Fsp3) is 0.167. The van der Waals surface area contributed by atoms with Crippen LogP contribution in [0.15, 0.2) is 51.6 Å². The van der Waals surface area contributed by atoms with Crippen molar-refractivity contribution in [1.82, 2.24) is 15.8 Å². The molecule has 2 amide bonds. The highest BCUT2D eigenvalue weighted by Gasteiger charge is 2.23. The topological polar surface area (TPSA) is 97.4 Å². The fourth-order valence-electron chi connectivity index (χ4n) is 2.39. The summed E-state index contributed by atoms with van der Waals surface area (Å²) in [6.07, 6.45) is 1.52. The second kappa shape index (κ2) is 7.88. The van der Waals surface area contributed by atoms with E-state index in [1.54, 1.807) is 43.3 Å². The molecule has 0 saturated carbocycles. The molecule has 0 aliphatic rings. The largest absolute Gasteiger partial charge is 0.467 e. The number of amides is 2. The molecular formula is C18H16ClN3O4. The summed E-state index contributed by atoms with van der Waals surface area (Å²) in [6, 6.07) is 10.5. The smallest absolute Gasteiger partial charge is 0.257 e. The van der Waals surface area contributed by atoms with Gasteiger partial charge in [0.25, 0.3) is 5.91 Å². The Labute approximate surface area is 154 Å². The average molecular weight is 374 g/mol. The predicted octanol–water partition coefficient (Wildman–Crippen LogP) is 2.94. The van der Waals surface area contributed by atoms with Gasteiger partial charge in [0.1, 0.15) is 22.8 Å². The third-order valence-electron chi connectivity index (χ3n) is 3.67. The molecule has 134 valence electrons. The summed E-state index contributed by atoms with van der Waals surface area (Å²) in [7, 11) is 0. The summed E-state index contributed by atoms with van der Waals surface area (Å²) in [5, 5.41) is 9.59. The number of nitrogens with zero attached hydrogens (tertiary/aromatic N) is 1. The first-order chi connectivity index (χ1) is 12.6. The van der Waals surface area contributed by atoms with Crippen molar-refractivity contribution >= 4 is 23.4 Å². The van der Waals surface area contributed by atoms with Gasteiger partial charge < -0.3 is 19.6 Å². The molecule has 0 atom stereocenters. The molecule has 3 rings (SSSR count). The minimum Gasteiger partial charge on any atom is -0.467 e. The quantitative estimate of drug-likeness (QED) is 0.692. The van der Waals surface area contributed by atoms with E-state index >= 15 is 0 Å². The minimum absolute atomic E-state index is 0.188. The third kappa shape index (κ3) is 3.94. The Morgan fingerprint density at radius 1 is 1.15 bits per heavy atom. The number of hydrogen-bond acceptors (Lipinski definition) is 5. The molecule has 2 heterocycles. The molecule has 26 heavy (non-hydrogen) atoms. The van der Waals surface area contributed by atoms with E-state index in [0.29, 0.717) is 27.8 Å². The van der Waals surface area contributed by atoms with E-state index in [1.807, 2.05) is 0 Å². The Bertz CT molecular complexity index is 918. The van der Waals surface area contributed by atoms with Crippen LogP contribution in [-0.4, -0.2) is 23.5 Å². The predicted molar refractivity (Wildman–Crippen MR) is 94.6 cm³/mol. The van der Waals surface area contributed by atoms with Crippen molar-refractivity contribution < 1.29 is 18.5 Å². The summed E-state index contributed by atoms with van der Waals surface area (Å²) in [5.74, 6) is 0.156. The van der Waals surface area contributed by atoms with Gasteiger partial charge in [0, 0.05) is 5.56 Å². The van der Waals surface area contributed by atoms with E-state index in [-0.39, 0.29) is 24.6 Å². The maximum atomic E-state index is 12.5. The van der Waals surface area contributed by atoms with Gasteiger partial charge in [-0.05, 0) is 25.1 Å². The first-order valence-electron chi connectivity index (χ1n) is 7.84. The number of aryl methyl sites for hydroxylation is 1. The average Bonchev–Trinajstić information content (AvgIpc) is 3.28. The molecule has 0 unspecified atom stereocenters. The van der Waals surface area contributed by atoms with E-state index in [0.717, 1.165) is 0 Å². The van der Waals surface area contributed by atoms with Crippen LogP contribution in [0, 0.1) is 6.92 Å². The first kappa shape index (κ1) is 17.8. The number of benzene rings is 1. The number of aromatic nitrogens is 1. The molecule has 0 saturated heterocycles. The summed E-state index contributed by atoms with van der Waals surface area (Å²) < 4.78 is 10.3. The monoisotopic (exact) mass is 373 g/mol. The lowest BCUT2D eigenvalue weighted by molar-refractivity contribution is -0.120. The molecule has 2 N–H and O–H groups in total. The lowest BCUT2D eigenvalue weighted by Gasteiger charge is -2.07. The van der Waals surface area contributed by atoms with Gasteiger partial charge in [-0.15, -0.1) is 0 Å². The highest BCUT2D eigenvalue weighted by Crippen LogP contribution is 2.30. The Hall–Kier alpha value is -3.06. The van der Waals surface area contributed by atoms with Gasteiger partial charge in [-0.2, -0.15) is 0 Å². The molecule has 7 nitrogen and oxygen atoms in total. The first-order valence-corrected chi connectivity index (χ1v) is 8.22. The number of carbonyl (C=O) groups is 2. The number of furan rings is 1. The lowest BCUT2D eigenvalue weighted by atomic mass is 10.1. The zero-order chi connectivity index (χ0) is 18.5. The Balaban J connectivity index is 1.66. The maximum absolute atomic E-state index is 12.5. The molecule has 0 aliphatic heterocycles. The van der Waals surface area contributed by atoms with Crippen LogP contribution in [0.3, 0.4) is 0 Å². The number of hydrogen-bond donors (Lipinski definition) is 2. The van der Waals surface area contributed by atoms with Crippen LogP contribution >= 0.6 is 11.6 Å². The van der Waals surface area contributed by atoms with E-state index in [9.17, 15) is 9.59 Å². The highest BCUT2D eigenvalue weighted by molar-refractivity contribution is 6.33. The van der Waals surface area contributed by atoms with Crippen molar-refractivity contribution in [1.29, 1.82) is 0 Å². The van der Waals surface area contributed by atoms with E-state index in [2.05, 4.69) is 15.8 Å². The van der Waals surface area contributed by atoms with Crippen molar-refractivity contribution in [2.24, 2.45) is 0 Å². The van der Waals surface area contributed by atoms with Crippen LogP contribution in [-0.2, 0) is 11.3 Å².